The van der Waals surface area contributed by atoms with Crippen molar-refractivity contribution in [3.05, 3.63) is 35.9 Å². The Morgan fingerprint density at radius 3 is 2.54 bits per heavy atom. The van der Waals surface area contributed by atoms with Crippen molar-refractivity contribution in [2.24, 2.45) is 11.3 Å². The zero-order valence-electron chi connectivity index (χ0n) is 28.9. The summed E-state index contributed by atoms with van der Waals surface area (Å²) in [5.74, 6) is 0.828. The second-order valence-electron chi connectivity index (χ2n) is 13.8. The van der Waals surface area contributed by atoms with Gasteiger partial charge in [-0.3, -0.25) is 14.5 Å². The van der Waals surface area contributed by atoms with Gasteiger partial charge in [0.25, 0.3) is 11.8 Å². The zero-order valence-corrected chi connectivity index (χ0v) is 28.9. The summed E-state index contributed by atoms with van der Waals surface area (Å²) in [6.07, 6.45) is 5.17. The van der Waals surface area contributed by atoms with E-state index in [1.807, 2.05) is 20.8 Å². The maximum atomic E-state index is 14.3. The number of carbonyl (C=O) groups is 2. The van der Waals surface area contributed by atoms with Gasteiger partial charge < -0.3 is 24.8 Å². The predicted octanol–water partition coefficient (Wildman–Crippen LogP) is 4.45. The van der Waals surface area contributed by atoms with E-state index in [0.717, 1.165) is 52.0 Å². The molecule has 2 fully saturated rings. The van der Waals surface area contributed by atoms with E-state index in [-0.39, 0.29) is 46.5 Å². The molecule has 2 aliphatic heterocycles. The number of ether oxygens (including phenoxy) is 1. The molecular formula is C34H53FN8O3. The van der Waals surface area contributed by atoms with Crippen LogP contribution in [0.2, 0.25) is 0 Å². The molecule has 1 aromatic heterocycles. The highest BCUT2D eigenvalue weighted by atomic mass is 19.1. The Balaban J connectivity index is 1.39. The largest absolute Gasteiger partial charge is 0.434 e. The maximum Gasteiger partial charge on any atom is 0.282 e. The van der Waals surface area contributed by atoms with Gasteiger partial charge in [0, 0.05) is 69.7 Å². The number of hydrogen-bond donors (Lipinski definition) is 1. The fourth-order valence-electron chi connectivity index (χ4n) is 6.96. The van der Waals surface area contributed by atoms with Gasteiger partial charge in [-0.15, -0.1) is 10.2 Å². The van der Waals surface area contributed by atoms with Crippen molar-refractivity contribution in [1.29, 1.82) is 0 Å². The summed E-state index contributed by atoms with van der Waals surface area (Å²) >= 11 is 0. The van der Waals surface area contributed by atoms with Gasteiger partial charge in [-0.25, -0.2) is 9.37 Å². The average Bonchev–Trinajstić information content (AvgIpc) is 3.45. The van der Waals surface area contributed by atoms with Crippen LogP contribution in [0.1, 0.15) is 77.6 Å². The lowest BCUT2D eigenvalue weighted by atomic mass is 9.76. The van der Waals surface area contributed by atoms with Gasteiger partial charge in [0.15, 0.2) is 5.82 Å². The monoisotopic (exact) mass is 640 g/mol. The molecule has 11 nitrogen and oxygen atoms in total. The van der Waals surface area contributed by atoms with Crippen LogP contribution in [0.15, 0.2) is 24.5 Å². The SMILES string of the molecule is CCN(C(=O)c1cc(F)ccc1Oc1nncnc1N1CCC2(C1)CN(C(CCCN(C)C(C)CC(=O)NC)C(C)C)C2)C(C)C. The van der Waals surface area contributed by atoms with Gasteiger partial charge in [0.05, 0.1) is 5.56 Å². The first kappa shape index (κ1) is 35.5. The van der Waals surface area contributed by atoms with Crippen LogP contribution in [0.4, 0.5) is 10.2 Å². The molecule has 46 heavy (non-hydrogen) atoms. The molecule has 2 atom stereocenters. The lowest BCUT2D eigenvalue weighted by molar-refractivity contribution is -0.121. The second-order valence-corrected chi connectivity index (χ2v) is 13.8. The molecule has 1 spiro atoms. The van der Waals surface area contributed by atoms with Crippen molar-refractivity contribution < 1.29 is 18.7 Å². The number of aromatic nitrogens is 3. The summed E-state index contributed by atoms with van der Waals surface area (Å²) in [7, 11) is 3.79. The number of amides is 2. The number of likely N-dealkylation sites (tertiary alicyclic amines) is 1. The molecule has 1 N–H and O–H groups in total. The minimum atomic E-state index is -0.508. The number of rotatable bonds is 15. The normalized spacial score (nSPS) is 17.4. The minimum absolute atomic E-state index is 0.0502. The Morgan fingerprint density at radius 1 is 1.15 bits per heavy atom. The molecule has 2 aliphatic rings. The first-order valence-corrected chi connectivity index (χ1v) is 16.7. The Bertz CT molecular complexity index is 1340. The number of nitrogens with zero attached hydrogens (tertiary/aromatic N) is 7. The molecule has 0 saturated carbocycles. The van der Waals surface area contributed by atoms with Crippen LogP contribution in [0.3, 0.4) is 0 Å². The highest BCUT2D eigenvalue weighted by Gasteiger charge is 2.50. The molecule has 2 saturated heterocycles. The van der Waals surface area contributed by atoms with E-state index >= 15 is 0 Å². The van der Waals surface area contributed by atoms with E-state index in [1.165, 1.54) is 24.5 Å². The molecular weight excluding hydrogens is 587 g/mol. The lowest BCUT2D eigenvalue weighted by Crippen LogP contribution is -2.62. The molecule has 12 heteroatoms. The second kappa shape index (κ2) is 15.5. The van der Waals surface area contributed by atoms with Crippen molar-refractivity contribution in [2.45, 2.75) is 85.4 Å². The molecule has 2 aromatic rings. The maximum absolute atomic E-state index is 14.3. The molecule has 0 aliphatic carbocycles. The van der Waals surface area contributed by atoms with Gasteiger partial charge in [0.2, 0.25) is 5.91 Å². The van der Waals surface area contributed by atoms with Crippen LogP contribution in [0, 0.1) is 17.2 Å². The summed E-state index contributed by atoms with van der Waals surface area (Å²) in [6.45, 7) is 17.6. The van der Waals surface area contributed by atoms with Gasteiger partial charge >= 0.3 is 0 Å². The standard InChI is InChI=1S/C34H53FN8O3/c1-9-43(24(4)5)33(45)27-18-26(35)12-13-29(27)46-32-31(37-22-38-39-32)41-16-14-34(19-41)20-42(21-34)28(23(2)3)11-10-15-40(8)25(6)17-30(44)36-7/h12-13,18,22-25,28H,9-11,14-17,19-21H2,1-8H3,(H,36,44). The number of halogens is 1. The first-order chi connectivity index (χ1) is 21.9. The highest BCUT2D eigenvalue weighted by molar-refractivity contribution is 5.97. The first-order valence-electron chi connectivity index (χ1n) is 16.7. The van der Waals surface area contributed by atoms with Gasteiger partial charge in [0.1, 0.15) is 17.9 Å². The van der Waals surface area contributed by atoms with E-state index < -0.39 is 5.82 Å². The molecule has 3 heterocycles. The van der Waals surface area contributed by atoms with E-state index in [2.05, 4.69) is 63.0 Å². The molecule has 0 bridgehead atoms. The van der Waals surface area contributed by atoms with Gasteiger partial charge in [-0.05, 0) is 84.7 Å². The summed E-state index contributed by atoms with van der Waals surface area (Å²) in [4.78, 5) is 38.5. The molecule has 2 amide bonds. The van der Waals surface area contributed by atoms with Crippen LogP contribution in [-0.2, 0) is 4.79 Å². The number of nitrogens with one attached hydrogen (secondary N) is 1. The fourth-order valence-corrected chi connectivity index (χ4v) is 6.96. The van der Waals surface area contributed by atoms with Crippen molar-refractivity contribution in [1.82, 2.24) is 35.2 Å². The quantitative estimate of drug-likeness (QED) is 0.302. The highest BCUT2D eigenvalue weighted by Crippen LogP contribution is 2.44. The van der Waals surface area contributed by atoms with E-state index in [4.69, 9.17) is 4.74 Å². The Morgan fingerprint density at radius 2 is 1.89 bits per heavy atom. The summed E-state index contributed by atoms with van der Waals surface area (Å²) < 4.78 is 20.5. The van der Waals surface area contributed by atoms with Crippen molar-refractivity contribution in [2.75, 3.05) is 58.3 Å². The molecule has 0 radical (unpaired) electrons. The van der Waals surface area contributed by atoms with Crippen LogP contribution in [-0.4, -0.2) is 113 Å². The van der Waals surface area contributed by atoms with Crippen LogP contribution in [0.25, 0.3) is 0 Å². The third-order valence-electron chi connectivity index (χ3n) is 9.75. The molecule has 4 rings (SSSR count). The fraction of sp³-hybridized carbons (Fsp3) is 0.676. The third-order valence-corrected chi connectivity index (χ3v) is 9.75. The molecule has 1 aromatic carbocycles. The topological polar surface area (TPSA) is 107 Å². The number of hydrogen-bond acceptors (Lipinski definition) is 9. The average molecular weight is 641 g/mol. The summed E-state index contributed by atoms with van der Waals surface area (Å²) in [5, 5.41) is 10.9. The lowest BCUT2D eigenvalue weighted by Gasteiger charge is -2.53. The zero-order chi connectivity index (χ0) is 33.6. The molecule has 254 valence electrons. The number of carbonyl (C=O) groups excluding carboxylic acids is 2. The summed E-state index contributed by atoms with van der Waals surface area (Å²) in [5.41, 5.74) is 0.316. The molecule has 2 unspecified atom stereocenters. The van der Waals surface area contributed by atoms with E-state index in [9.17, 15) is 14.0 Å². The Hall–Kier alpha value is -3.38. The van der Waals surface area contributed by atoms with Crippen LogP contribution in [0.5, 0.6) is 11.6 Å². The van der Waals surface area contributed by atoms with Crippen LogP contribution >= 0.6 is 0 Å². The van der Waals surface area contributed by atoms with Crippen molar-refractivity contribution in [3.8, 4) is 11.6 Å². The summed E-state index contributed by atoms with van der Waals surface area (Å²) in [6, 6.07) is 4.63. The predicted molar refractivity (Wildman–Crippen MR) is 178 cm³/mol. The van der Waals surface area contributed by atoms with E-state index in [1.54, 1.807) is 11.9 Å². The van der Waals surface area contributed by atoms with Gasteiger partial charge in [-0.1, -0.05) is 13.8 Å². The van der Waals surface area contributed by atoms with Crippen LogP contribution < -0.4 is 15.0 Å². The number of benzene rings is 1. The Labute approximate surface area is 273 Å². The van der Waals surface area contributed by atoms with Crippen molar-refractivity contribution >= 4 is 17.6 Å². The van der Waals surface area contributed by atoms with Gasteiger partial charge in [-0.2, -0.15) is 0 Å². The van der Waals surface area contributed by atoms with E-state index in [0.29, 0.717) is 30.7 Å². The number of anilines is 1. The third kappa shape index (κ3) is 8.31. The smallest absolute Gasteiger partial charge is 0.282 e. The Kier molecular flexibility index (Phi) is 11.9. The minimum Gasteiger partial charge on any atom is -0.434 e. The van der Waals surface area contributed by atoms with Crippen molar-refractivity contribution in [3.63, 3.8) is 0 Å².